The van der Waals surface area contributed by atoms with Crippen molar-refractivity contribution in [3.63, 3.8) is 0 Å². The first-order valence-electron chi connectivity index (χ1n) is 7.93. The Morgan fingerprint density at radius 2 is 2.15 bits per heavy atom. The molecule has 5 nitrogen and oxygen atoms in total. The molecule has 1 heterocycles. The van der Waals surface area contributed by atoms with Crippen molar-refractivity contribution in [1.29, 1.82) is 0 Å². The highest BCUT2D eigenvalue weighted by molar-refractivity contribution is 5.74. The summed E-state index contributed by atoms with van der Waals surface area (Å²) in [5.41, 5.74) is -0.455. The molecular formula is C15H29N3O2. The van der Waals surface area contributed by atoms with Crippen LogP contribution in [0, 0.1) is 11.8 Å². The molecule has 0 aromatic carbocycles. The molecule has 2 amide bonds. The van der Waals surface area contributed by atoms with Gasteiger partial charge in [-0.25, -0.2) is 4.79 Å². The highest BCUT2D eigenvalue weighted by Crippen LogP contribution is 2.39. The number of carbonyl (C=O) groups excluding carboxylic acids is 1. The lowest BCUT2D eigenvalue weighted by Gasteiger charge is -2.31. The number of nitrogens with one attached hydrogen (secondary N) is 2. The van der Waals surface area contributed by atoms with Crippen molar-refractivity contribution in [1.82, 2.24) is 15.5 Å². The fraction of sp³-hybridized carbons (Fsp3) is 0.933. The predicted molar refractivity (Wildman–Crippen MR) is 79.6 cm³/mol. The number of hydrogen-bond acceptors (Lipinski definition) is 3. The number of aliphatic hydroxyl groups is 1. The number of piperidine rings is 1. The minimum atomic E-state index is -0.455. The minimum Gasteiger partial charge on any atom is -0.394 e. The second kappa shape index (κ2) is 6.76. The first kappa shape index (κ1) is 15.6. The maximum atomic E-state index is 11.9. The molecule has 2 unspecified atom stereocenters. The molecule has 1 saturated heterocycles. The van der Waals surface area contributed by atoms with Crippen LogP contribution in [0.4, 0.5) is 4.79 Å². The fourth-order valence-electron chi connectivity index (χ4n) is 3.11. The molecule has 1 aliphatic carbocycles. The molecule has 0 radical (unpaired) electrons. The van der Waals surface area contributed by atoms with Gasteiger partial charge in [-0.15, -0.1) is 0 Å². The van der Waals surface area contributed by atoms with Gasteiger partial charge in [0.25, 0.3) is 0 Å². The van der Waals surface area contributed by atoms with Gasteiger partial charge in [-0.05, 0) is 51.0 Å². The van der Waals surface area contributed by atoms with E-state index in [-0.39, 0.29) is 12.6 Å². The van der Waals surface area contributed by atoms with Gasteiger partial charge in [0.1, 0.15) is 0 Å². The SMILES string of the molecule is CC1CCCN(CCNC(=O)NC(C)(CO)C2CC2)C1. The number of likely N-dealkylation sites (tertiary alicyclic amines) is 1. The monoisotopic (exact) mass is 283 g/mol. The van der Waals surface area contributed by atoms with E-state index in [2.05, 4.69) is 22.5 Å². The molecule has 0 aromatic heterocycles. The van der Waals surface area contributed by atoms with Crippen LogP contribution in [0.2, 0.25) is 0 Å². The summed E-state index contributed by atoms with van der Waals surface area (Å²) in [7, 11) is 0. The van der Waals surface area contributed by atoms with E-state index in [1.807, 2.05) is 6.92 Å². The number of nitrogens with zero attached hydrogens (tertiary/aromatic N) is 1. The number of urea groups is 1. The molecule has 3 N–H and O–H groups in total. The lowest BCUT2D eigenvalue weighted by atomic mass is 9.97. The summed E-state index contributed by atoms with van der Waals surface area (Å²) < 4.78 is 0. The van der Waals surface area contributed by atoms with Crippen LogP contribution in [-0.4, -0.2) is 54.4 Å². The molecule has 20 heavy (non-hydrogen) atoms. The van der Waals surface area contributed by atoms with E-state index in [0.29, 0.717) is 12.5 Å². The summed E-state index contributed by atoms with van der Waals surface area (Å²) in [5, 5.41) is 15.3. The summed E-state index contributed by atoms with van der Waals surface area (Å²) in [6.07, 6.45) is 4.78. The Labute approximate surface area is 122 Å². The Morgan fingerprint density at radius 1 is 1.40 bits per heavy atom. The smallest absolute Gasteiger partial charge is 0.315 e. The topological polar surface area (TPSA) is 64.6 Å². The van der Waals surface area contributed by atoms with Gasteiger partial charge in [-0.3, -0.25) is 0 Å². The summed E-state index contributed by atoms with van der Waals surface area (Å²) in [5.74, 6) is 1.20. The third-order valence-electron chi connectivity index (χ3n) is 4.66. The van der Waals surface area contributed by atoms with Crippen LogP contribution >= 0.6 is 0 Å². The number of hydrogen-bond donors (Lipinski definition) is 3. The normalized spacial score (nSPS) is 26.9. The molecule has 116 valence electrons. The predicted octanol–water partition coefficient (Wildman–Crippen LogP) is 1.18. The average molecular weight is 283 g/mol. The van der Waals surface area contributed by atoms with Crippen LogP contribution in [-0.2, 0) is 0 Å². The van der Waals surface area contributed by atoms with Gasteiger partial charge >= 0.3 is 6.03 Å². The molecule has 1 saturated carbocycles. The van der Waals surface area contributed by atoms with Crippen LogP contribution < -0.4 is 10.6 Å². The van der Waals surface area contributed by atoms with Gasteiger partial charge in [-0.2, -0.15) is 0 Å². The van der Waals surface area contributed by atoms with E-state index in [0.717, 1.165) is 38.4 Å². The van der Waals surface area contributed by atoms with Gasteiger partial charge in [0.05, 0.1) is 12.1 Å². The molecule has 2 rings (SSSR count). The largest absolute Gasteiger partial charge is 0.394 e. The Kier molecular flexibility index (Phi) is 5.27. The van der Waals surface area contributed by atoms with Crippen molar-refractivity contribution in [2.45, 2.75) is 45.1 Å². The van der Waals surface area contributed by atoms with Gasteiger partial charge in [-0.1, -0.05) is 6.92 Å². The Morgan fingerprint density at radius 3 is 2.75 bits per heavy atom. The number of rotatable bonds is 6. The van der Waals surface area contributed by atoms with Crippen molar-refractivity contribution >= 4 is 6.03 Å². The highest BCUT2D eigenvalue weighted by atomic mass is 16.3. The molecule has 2 fully saturated rings. The Balaban J connectivity index is 1.64. The highest BCUT2D eigenvalue weighted by Gasteiger charge is 2.42. The van der Waals surface area contributed by atoms with Crippen LogP contribution in [0.25, 0.3) is 0 Å². The van der Waals surface area contributed by atoms with E-state index in [1.54, 1.807) is 0 Å². The van der Waals surface area contributed by atoms with Crippen molar-refractivity contribution in [2.75, 3.05) is 32.8 Å². The molecular weight excluding hydrogens is 254 g/mol. The molecule has 2 atom stereocenters. The average Bonchev–Trinajstić information content (AvgIpc) is 3.23. The van der Waals surface area contributed by atoms with Crippen LogP contribution in [0.15, 0.2) is 0 Å². The van der Waals surface area contributed by atoms with Gasteiger partial charge in [0.15, 0.2) is 0 Å². The van der Waals surface area contributed by atoms with Crippen LogP contribution in [0.3, 0.4) is 0 Å². The zero-order valence-corrected chi connectivity index (χ0v) is 12.8. The molecule has 5 heteroatoms. The van der Waals surface area contributed by atoms with E-state index in [9.17, 15) is 9.90 Å². The number of carbonyl (C=O) groups is 1. The zero-order chi connectivity index (χ0) is 14.6. The van der Waals surface area contributed by atoms with Crippen molar-refractivity contribution in [3.8, 4) is 0 Å². The maximum Gasteiger partial charge on any atom is 0.315 e. The van der Waals surface area contributed by atoms with E-state index >= 15 is 0 Å². The van der Waals surface area contributed by atoms with Gasteiger partial charge in [0.2, 0.25) is 0 Å². The molecule has 0 aromatic rings. The van der Waals surface area contributed by atoms with Crippen LogP contribution in [0.1, 0.15) is 39.5 Å². The van der Waals surface area contributed by atoms with E-state index < -0.39 is 5.54 Å². The lowest BCUT2D eigenvalue weighted by molar-refractivity contribution is 0.153. The summed E-state index contributed by atoms with van der Waals surface area (Å²) >= 11 is 0. The zero-order valence-electron chi connectivity index (χ0n) is 12.8. The summed E-state index contributed by atoms with van der Waals surface area (Å²) in [6.45, 7) is 8.09. The molecule has 0 spiro atoms. The Hall–Kier alpha value is -0.810. The quantitative estimate of drug-likeness (QED) is 0.686. The number of aliphatic hydroxyl groups excluding tert-OH is 1. The lowest BCUT2D eigenvalue weighted by Crippen LogP contribution is -2.54. The maximum absolute atomic E-state index is 11.9. The van der Waals surface area contributed by atoms with Gasteiger partial charge < -0.3 is 20.6 Å². The molecule has 0 bridgehead atoms. The second-order valence-electron chi connectivity index (χ2n) is 6.78. The first-order chi connectivity index (χ1) is 9.53. The second-order valence-corrected chi connectivity index (χ2v) is 6.78. The van der Waals surface area contributed by atoms with Crippen molar-refractivity contribution < 1.29 is 9.90 Å². The fourth-order valence-corrected chi connectivity index (χ4v) is 3.11. The van der Waals surface area contributed by atoms with E-state index in [1.165, 1.54) is 12.8 Å². The van der Waals surface area contributed by atoms with Crippen molar-refractivity contribution in [2.24, 2.45) is 11.8 Å². The van der Waals surface area contributed by atoms with E-state index in [4.69, 9.17) is 0 Å². The third-order valence-corrected chi connectivity index (χ3v) is 4.66. The standard InChI is InChI=1S/C15H29N3O2/c1-12-4-3-8-18(10-12)9-7-16-14(20)17-15(2,11-19)13-5-6-13/h12-13,19H,3-11H2,1-2H3,(H2,16,17,20). The minimum absolute atomic E-state index is 0.00866. The molecule has 1 aliphatic heterocycles. The molecule has 2 aliphatic rings. The number of amides is 2. The van der Waals surface area contributed by atoms with Gasteiger partial charge in [0, 0.05) is 19.6 Å². The Bertz CT molecular complexity index is 333. The van der Waals surface area contributed by atoms with Crippen LogP contribution in [0.5, 0.6) is 0 Å². The van der Waals surface area contributed by atoms with Crippen molar-refractivity contribution in [3.05, 3.63) is 0 Å². The summed E-state index contributed by atoms with van der Waals surface area (Å²) in [6, 6.07) is -0.154. The first-order valence-corrected chi connectivity index (χ1v) is 7.93. The third kappa shape index (κ3) is 4.35. The summed E-state index contributed by atoms with van der Waals surface area (Å²) in [4.78, 5) is 14.3.